The Hall–Kier alpha value is -1.59. The second-order valence-corrected chi connectivity index (χ2v) is 5.85. The lowest BCUT2D eigenvalue weighted by Crippen LogP contribution is -2.50. The topological polar surface area (TPSA) is 51.0 Å². The van der Waals surface area contributed by atoms with E-state index in [9.17, 15) is 4.79 Å². The molecule has 1 fully saturated rings. The summed E-state index contributed by atoms with van der Waals surface area (Å²) >= 11 is 12.2. The molecule has 0 spiro atoms. The molecule has 7 heteroatoms. The van der Waals surface area contributed by atoms with Gasteiger partial charge < -0.3 is 4.90 Å². The number of carbonyl (C=O) groups is 1. The fraction of sp³-hybridized carbons (Fsp3) is 0.357. The van der Waals surface area contributed by atoms with Crippen LogP contribution >= 0.6 is 23.2 Å². The number of rotatable bonds is 4. The molecule has 1 aliphatic rings. The van der Waals surface area contributed by atoms with Gasteiger partial charge in [0.15, 0.2) is 0 Å². The lowest BCUT2D eigenvalue weighted by atomic mass is 10.1. The van der Waals surface area contributed by atoms with E-state index in [2.05, 4.69) is 10.3 Å². The van der Waals surface area contributed by atoms with Crippen LogP contribution in [-0.4, -0.2) is 38.9 Å². The Kier molecular flexibility index (Phi) is 4.12. The van der Waals surface area contributed by atoms with Crippen LogP contribution in [-0.2, 0) is 11.2 Å². The molecule has 0 atom stereocenters. The van der Waals surface area contributed by atoms with Crippen LogP contribution in [0.1, 0.15) is 18.0 Å². The lowest BCUT2D eigenvalue weighted by molar-refractivity contribution is -0.137. The van der Waals surface area contributed by atoms with Crippen molar-refractivity contribution in [3.63, 3.8) is 0 Å². The molecule has 3 rings (SSSR count). The molecule has 5 nitrogen and oxygen atoms in total. The van der Waals surface area contributed by atoms with Gasteiger partial charge in [0, 0.05) is 35.8 Å². The summed E-state index contributed by atoms with van der Waals surface area (Å²) in [5.41, 5.74) is 0.836. The van der Waals surface area contributed by atoms with Crippen molar-refractivity contribution >= 4 is 29.1 Å². The van der Waals surface area contributed by atoms with Crippen molar-refractivity contribution < 1.29 is 4.79 Å². The van der Waals surface area contributed by atoms with Gasteiger partial charge in [0.05, 0.1) is 12.2 Å². The van der Waals surface area contributed by atoms with Crippen LogP contribution in [0.4, 0.5) is 0 Å². The number of hydrogen-bond acceptors (Lipinski definition) is 3. The molecule has 1 saturated heterocycles. The third kappa shape index (κ3) is 3.04. The van der Waals surface area contributed by atoms with Gasteiger partial charge in [-0.3, -0.25) is 4.79 Å². The second-order valence-electron chi connectivity index (χ2n) is 5.04. The highest BCUT2D eigenvalue weighted by atomic mass is 35.5. The minimum Gasteiger partial charge on any atom is -0.338 e. The largest absolute Gasteiger partial charge is 0.338 e. The van der Waals surface area contributed by atoms with Crippen LogP contribution in [0.25, 0.3) is 0 Å². The Morgan fingerprint density at radius 1 is 1.29 bits per heavy atom. The summed E-state index contributed by atoms with van der Waals surface area (Å²) in [6.45, 7) is 1.36. The van der Waals surface area contributed by atoms with Crippen molar-refractivity contribution in [2.45, 2.75) is 18.9 Å². The zero-order valence-electron chi connectivity index (χ0n) is 11.2. The van der Waals surface area contributed by atoms with Crippen molar-refractivity contribution in [1.82, 2.24) is 19.9 Å². The molecule has 1 aromatic carbocycles. The minimum absolute atomic E-state index is 0.113. The third-order valence-electron chi connectivity index (χ3n) is 3.68. The van der Waals surface area contributed by atoms with Crippen molar-refractivity contribution in [2.24, 2.45) is 0 Å². The number of carbonyl (C=O) groups excluding carboxylic acids is 1. The van der Waals surface area contributed by atoms with E-state index < -0.39 is 0 Å². The first-order chi connectivity index (χ1) is 10.1. The molecular weight excluding hydrogens is 311 g/mol. The lowest BCUT2D eigenvalue weighted by Gasteiger charge is -2.39. The standard InChI is InChI=1S/C14H14Cl2N4O/c15-12-2-1-3-13(16)11(12)4-5-14(21)19-8-10(9-19)20-7-6-17-18-20/h1-3,6-7,10H,4-5,8-9H2. The van der Waals surface area contributed by atoms with Gasteiger partial charge in [-0.2, -0.15) is 0 Å². The van der Waals surface area contributed by atoms with E-state index in [-0.39, 0.29) is 11.9 Å². The number of benzene rings is 1. The molecule has 0 N–H and O–H groups in total. The zero-order chi connectivity index (χ0) is 14.8. The van der Waals surface area contributed by atoms with E-state index in [1.165, 1.54) is 0 Å². The fourth-order valence-corrected chi connectivity index (χ4v) is 2.99. The monoisotopic (exact) mass is 324 g/mol. The molecule has 2 aromatic rings. The SMILES string of the molecule is O=C(CCc1c(Cl)cccc1Cl)N1CC(n2ccnn2)C1. The first-order valence-electron chi connectivity index (χ1n) is 6.71. The molecule has 2 heterocycles. The molecular formula is C14H14Cl2N4O. The molecule has 0 aliphatic carbocycles. The Morgan fingerprint density at radius 2 is 2.00 bits per heavy atom. The van der Waals surface area contributed by atoms with Crippen LogP contribution in [0.15, 0.2) is 30.6 Å². The summed E-state index contributed by atoms with van der Waals surface area (Å²) in [5, 5.41) is 8.93. The molecule has 1 amide bonds. The van der Waals surface area contributed by atoms with Crippen LogP contribution in [0.5, 0.6) is 0 Å². The zero-order valence-corrected chi connectivity index (χ0v) is 12.8. The second kappa shape index (κ2) is 6.03. The van der Waals surface area contributed by atoms with Crippen LogP contribution in [0, 0.1) is 0 Å². The van der Waals surface area contributed by atoms with Gasteiger partial charge in [-0.25, -0.2) is 4.68 Å². The van der Waals surface area contributed by atoms with Crippen LogP contribution < -0.4 is 0 Å². The number of amides is 1. The quantitative estimate of drug-likeness (QED) is 0.868. The van der Waals surface area contributed by atoms with Gasteiger partial charge in [-0.1, -0.05) is 34.5 Å². The summed E-state index contributed by atoms with van der Waals surface area (Å²) in [4.78, 5) is 13.9. The number of nitrogens with zero attached hydrogens (tertiary/aromatic N) is 4. The normalized spacial score (nSPS) is 15.0. The summed E-state index contributed by atoms with van der Waals surface area (Å²) < 4.78 is 1.79. The van der Waals surface area contributed by atoms with E-state index in [1.54, 1.807) is 29.1 Å². The Morgan fingerprint density at radius 3 is 2.62 bits per heavy atom. The molecule has 0 bridgehead atoms. The van der Waals surface area contributed by atoms with E-state index in [0.29, 0.717) is 36.0 Å². The fourth-order valence-electron chi connectivity index (χ4n) is 2.40. The molecule has 0 radical (unpaired) electrons. The molecule has 0 unspecified atom stereocenters. The van der Waals surface area contributed by atoms with Crippen LogP contribution in [0.2, 0.25) is 10.0 Å². The third-order valence-corrected chi connectivity index (χ3v) is 4.39. The summed E-state index contributed by atoms with van der Waals surface area (Å²) in [6, 6.07) is 5.61. The molecule has 21 heavy (non-hydrogen) atoms. The number of hydrogen-bond donors (Lipinski definition) is 0. The minimum atomic E-state index is 0.113. The molecule has 1 aliphatic heterocycles. The predicted octanol–water partition coefficient (Wildman–Crippen LogP) is 2.60. The van der Waals surface area contributed by atoms with Gasteiger partial charge in [0.2, 0.25) is 5.91 Å². The summed E-state index contributed by atoms with van der Waals surface area (Å²) in [6.07, 6.45) is 4.43. The maximum Gasteiger partial charge on any atom is 0.223 e. The average molecular weight is 325 g/mol. The van der Waals surface area contributed by atoms with E-state index in [1.807, 2.05) is 11.1 Å². The van der Waals surface area contributed by atoms with Crippen molar-refractivity contribution in [3.8, 4) is 0 Å². The van der Waals surface area contributed by atoms with Crippen molar-refractivity contribution in [1.29, 1.82) is 0 Å². The summed E-state index contributed by atoms with van der Waals surface area (Å²) in [7, 11) is 0. The number of aromatic nitrogens is 3. The Balaban J connectivity index is 1.52. The number of likely N-dealkylation sites (tertiary alicyclic amines) is 1. The van der Waals surface area contributed by atoms with Crippen molar-refractivity contribution in [3.05, 3.63) is 46.2 Å². The van der Waals surface area contributed by atoms with Crippen LogP contribution in [0.3, 0.4) is 0 Å². The average Bonchev–Trinajstić information content (AvgIpc) is 2.90. The van der Waals surface area contributed by atoms with E-state index >= 15 is 0 Å². The van der Waals surface area contributed by atoms with Gasteiger partial charge in [-0.05, 0) is 24.1 Å². The highest BCUT2D eigenvalue weighted by Crippen LogP contribution is 2.27. The summed E-state index contributed by atoms with van der Waals surface area (Å²) in [5.74, 6) is 0.113. The van der Waals surface area contributed by atoms with E-state index in [0.717, 1.165) is 5.56 Å². The smallest absolute Gasteiger partial charge is 0.223 e. The molecule has 0 saturated carbocycles. The molecule has 110 valence electrons. The highest BCUT2D eigenvalue weighted by Gasteiger charge is 2.32. The van der Waals surface area contributed by atoms with Crippen molar-refractivity contribution in [2.75, 3.05) is 13.1 Å². The maximum atomic E-state index is 12.1. The highest BCUT2D eigenvalue weighted by molar-refractivity contribution is 6.36. The van der Waals surface area contributed by atoms with E-state index in [4.69, 9.17) is 23.2 Å². The van der Waals surface area contributed by atoms with Gasteiger partial charge in [0.25, 0.3) is 0 Å². The predicted molar refractivity (Wildman–Crippen MR) is 80.4 cm³/mol. The Bertz CT molecular complexity index is 618. The van der Waals surface area contributed by atoms with Gasteiger partial charge in [0.1, 0.15) is 0 Å². The maximum absolute atomic E-state index is 12.1. The first kappa shape index (κ1) is 14.4. The first-order valence-corrected chi connectivity index (χ1v) is 7.47. The Labute approximate surface area is 132 Å². The molecule has 1 aromatic heterocycles. The van der Waals surface area contributed by atoms with Gasteiger partial charge in [-0.15, -0.1) is 5.10 Å². The number of halogens is 2. The van der Waals surface area contributed by atoms with Gasteiger partial charge >= 0.3 is 0 Å².